The number of fused-ring (bicyclic) bond motifs is 3. The molecule has 4 aromatic carbocycles. The van der Waals surface area contributed by atoms with Crippen LogP contribution in [0.25, 0.3) is 32.2 Å². The molecule has 3 aliphatic heterocycles. The summed E-state index contributed by atoms with van der Waals surface area (Å²) >= 11 is 1.44. The van der Waals surface area contributed by atoms with Crippen LogP contribution >= 0.6 is 11.3 Å². The smallest absolute Gasteiger partial charge is 0.355 e. The predicted octanol–water partition coefficient (Wildman–Crippen LogP) is 9.52. The molecule has 15 nitrogen and oxygen atoms in total. The number of nitrogens with zero attached hydrogens (tertiary/aromatic N) is 7. The topological polar surface area (TPSA) is 175 Å². The standard InChI is InChI=1S/C57H61N9O6S/c1-34-32-65(38-18-21-43-47(31-38)63(3)62-52(43)44-23-25-51(67)60-55(44)69)30-29-64(34)27-8-9-36-16-19-39(20-17-36)72-48-14-7-11-40(35(48)2)41-22-24-50(59-53(41)56(70)71)66-28-26-37-10-6-12-42(45(37)33-66)54(68)61-57-58-46-13-4-5-15-49(46)73-57/h4-7,10-15,18,21-22,24,31,34,36,39,44H,8-9,16-17,19-20,23,25-30,32-33H2,1-3H3,(H,70,71)(H,58,61,68)(H,60,67,69)/t34-,36-,39-,44?/m0/s1. The lowest BCUT2D eigenvalue weighted by molar-refractivity contribution is -0.134. The van der Waals surface area contributed by atoms with Crippen molar-refractivity contribution >= 4 is 72.8 Å². The summed E-state index contributed by atoms with van der Waals surface area (Å²) in [7, 11) is 1.92. The first-order valence-corrected chi connectivity index (χ1v) is 26.6. The van der Waals surface area contributed by atoms with E-state index in [1.165, 1.54) is 24.2 Å². The molecule has 376 valence electrons. The van der Waals surface area contributed by atoms with Crippen LogP contribution in [0.4, 0.5) is 16.6 Å². The molecule has 6 heterocycles. The van der Waals surface area contributed by atoms with Crippen molar-refractivity contribution in [2.24, 2.45) is 13.0 Å². The summed E-state index contributed by atoms with van der Waals surface area (Å²) in [5, 5.41) is 22.3. The number of aromatic carboxylic acids is 1. The molecular formula is C57H61N9O6S. The van der Waals surface area contributed by atoms with E-state index in [0.29, 0.717) is 66.4 Å². The number of anilines is 3. The molecule has 1 unspecified atom stereocenters. The van der Waals surface area contributed by atoms with Crippen LogP contribution in [0.2, 0.25) is 0 Å². The van der Waals surface area contributed by atoms with Crippen molar-refractivity contribution in [3.8, 4) is 16.9 Å². The van der Waals surface area contributed by atoms with Gasteiger partial charge in [-0.05, 0) is 155 Å². The number of imide groups is 1. The fraction of sp³-hybridized carbons (Fsp3) is 0.386. The number of carboxylic acid groups (broad SMARTS) is 1. The van der Waals surface area contributed by atoms with Gasteiger partial charge >= 0.3 is 5.97 Å². The molecule has 1 saturated carbocycles. The Morgan fingerprint density at radius 1 is 0.877 bits per heavy atom. The molecule has 1 aliphatic carbocycles. The molecule has 73 heavy (non-hydrogen) atoms. The number of rotatable bonds is 13. The summed E-state index contributed by atoms with van der Waals surface area (Å²) in [5.41, 5.74) is 8.49. The molecule has 16 heteroatoms. The summed E-state index contributed by atoms with van der Waals surface area (Å²) in [6, 6.07) is 30.0. The van der Waals surface area contributed by atoms with Crippen molar-refractivity contribution in [2.75, 3.05) is 47.8 Å². The highest BCUT2D eigenvalue weighted by molar-refractivity contribution is 7.22. The highest BCUT2D eigenvalue weighted by Gasteiger charge is 2.33. The summed E-state index contributed by atoms with van der Waals surface area (Å²) in [6.45, 7) is 9.34. The minimum Gasteiger partial charge on any atom is -0.490 e. The Kier molecular flexibility index (Phi) is 13.4. The number of carbonyl (C=O) groups is 4. The van der Waals surface area contributed by atoms with E-state index in [-0.39, 0.29) is 29.5 Å². The number of aromatic nitrogens is 4. The Labute approximate surface area is 428 Å². The van der Waals surface area contributed by atoms with E-state index < -0.39 is 11.9 Å². The molecule has 7 aromatic rings. The van der Waals surface area contributed by atoms with E-state index in [1.807, 2.05) is 96.3 Å². The van der Waals surface area contributed by atoms with Gasteiger partial charge in [0.25, 0.3) is 5.91 Å². The first-order valence-electron chi connectivity index (χ1n) is 25.8. The van der Waals surface area contributed by atoms with Crippen molar-refractivity contribution in [3.05, 3.63) is 125 Å². The maximum atomic E-state index is 13.7. The predicted molar refractivity (Wildman–Crippen MR) is 285 cm³/mol. The molecular weight excluding hydrogens is 939 g/mol. The summed E-state index contributed by atoms with van der Waals surface area (Å²) in [4.78, 5) is 67.5. The van der Waals surface area contributed by atoms with Crippen LogP contribution in [0.5, 0.6) is 5.75 Å². The lowest BCUT2D eigenvalue weighted by Gasteiger charge is -2.41. The quantitative estimate of drug-likeness (QED) is 0.0935. The molecule has 2 atom stereocenters. The van der Waals surface area contributed by atoms with Crippen LogP contribution in [-0.2, 0) is 29.6 Å². The number of ether oxygens (including phenoxy) is 1. The number of amides is 3. The fourth-order valence-electron chi connectivity index (χ4n) is 11.7. The average molecular weight is 1000 g/mol. The van der Waals surface area contributed by atoms with Gasteiger partial charge in [-0.2, -0.15) is 5.10 Å². The lowest BCUT2D eigenvalue weighted by Crippen LogP contribution is -2.52. The molecule has 0 bridgehead atoms. The maximum Gasteiger partial charge on any atom is 0.355 e. The van der Waals surface area contributed by atoms with E-state index in [4.69, 9.17) is 14.8 Å². The first-order chi connectivity index (χ1) is 35.4. The van der Waals surface area contributed by atoms with E-state index in [9.17, 15) is 24.3 Å². The summed E-state index contributed by atoms with van der Waals surface area (Å²) < 4.78 is 9.56. The van der Waals surface area contributed by atoms with E-state index in [0.717, 1.165) is 112 Å². The zero-order chi connectivity index (χ0) is 50.3. The summed E-state index contributed by atoms with van der Waals surface area (Å²) in [6.07, 6.45) is 8.19. The zero-order valence-electron chi connectivity index (χ0n) is 41.6. The van der Waals surface area contributed by atoms with Crippen molar-refractivity contribution in [1.82, 2.24) is 30.0 Å². The van der Waals surface area contributed by atoms with Gasteiger partial charge in [-0.15, -0.1) is 0 Å². The number of para-hydroxylation sites is 1. The third-order valence-electron chi connectivity index (χ3n) is 15.7. The van der Waals surface area contributed by atoms with Crippen LogP contribution in [0, 0.1) is 12.8 Å². The number of thiazole rings is 1. The lowest BCUT2D eigenvalue weighted by atomic mass is 9.84. The molecule has 3 amide bonds. The van der Waals surface area contributed by atoms with E-state index in [1.54, 1.807) is 0 Å². The Hall–Kier alpha value is -7.17. The van der Waals surface area contributed by atoms with Crippen LogP contribution < -0.4 is 25.2 Å². The number of piperidine rings is 1. The monoisotopic (exact) mass is 999 g/mol. The number of carboxylic acids is 1. The second-order valence-electron chi connectivity index (χ2n) is 20.3. The second kappa shape index (κ2) is 20.4. The minimum absolute atomic E-state index is 0.0201. The van der Waals surface area contributed by atoms with Crippen molar-refractivity contribution < 1.29 is 29.0 Å². The van der Waals surface area contributed by atoms with Gasteiger partial charge in [0.05, 0.1) is 33.4 Å². The number of piperazine rings is 1. The maximum absolute atomic E-state index is 13.7. The fourth-order valence-corrected chi connectivity index (χ4v) is 12.5. The van der Waals surface area contributed by atoms with Crippen LogP contribution in [-0.4, -0.2) is 98.3 Å². The normalized spacial score (nSPS) is 20.5. The van der Waals surface area contributed by atoms with Gasteiger partial charge in [-0.25, -0.2) is 14.8 Å². The summed E-state index contributed by atoms with van der Waals surface area (Å²) in [5.74, 6) is -0.230. The van der Waals surface area contributed by atoms with Crippen molar-refractivity contribution in [1.29, 1.82) is 0 Å². The minimum atomic E-state index is -1.10. The van der Waals surface area contributed by atoms with Gasteiger partial charge in [-0.1, -0.05) is 47.7 Å². The Bertz CT molecular complexity index is 3240. The Morgan fingerprint density at radius 2 is 1.71 bits per heavy atom. The van der Waals surface area contributed by atoms with Gasteiger partial charge in [-0.3, -0.25) is 34.6 Å². The SMILES string of the molecule is Cc1c(O[C@H]2CC[C@H](CCCN3CCN(c4ccc5c(C6CCC(=O)NC6=O)nn(C)c5c4)C[C@@H]3C)CC2)cccc1-c1ccc(N2CCc3cccc(C(=O)Nc4nc5ccccc5s4)c3C2)nc1C(=O)O. The highest BCUT2D eigenvalue weighted by atomic mass is 32.1. The number of benzene rings is 4. The first kappa shape index (κ1) is 48.1. The Balaban J connectivity index is 0.670. The number of aryl methyl sites for hydroxylation is 1. The molecule has 0 spiro atoms. The molecule has 0 radical (unpaired) electrons. The number of hydrogen-bond donors (Lipinski definition) is 3. The van der Waals surface area contributed by atoms with Crippen LogP contribution in [0.1, 0.15) is 107 Å². The number of hydrogen-bond acceptors (Lipinski definition) is 12. The van der Waals surface area contributed by atoms with Gasteiger partial charge in [0.2, 0.25) is 11.8 Å². The molecule has 2 saturated heterocycles. The van der Waals surface area contributed by atoms with Crippen molar-refractivity contribution in [3.63, 3.8) is 0 Å². The molecule has 3 aromatic heterocycles. The van der Waals surface area contributed by atoms with Gasteiger partial charge < -0.3 is 19.6 Å². The third-order valence-corrected chi connectivity index (χ3v) is 16.7. The van der Waals surface area contributed by atoms with Gasteiger partial charge in [0, 0.05) is 74.4 Å². The van der Waals surface area contributed by atoms with Gasteiger partial charge in [0.1, 0.15) is 11.6 Å². The molecule has 11 rings (SSSR count). The Morgan fingerprint density at radius 3 is 2.52 bits per heavy atom. The number of nitrogens with one attached hydrogen (secondary N) is 2. The molecule has 4 aliphatic rings. The highest BCUT2D eigenvalue weighted by Crippen LogP contribution is 2.38. The second-order valence-corrected chi connectivity index (χ2v) is 21.3. The average Bonchev–Trinajstić information content (AvgIpc) is 3.96. The van der Waals surface area contributed by atoms with Crippen LogP contribution in [0.15, 0.2) is 91.0 Å². The van der Waals surface area contributed by atoms with E-state index >= 15 is 0 Å². The zero-order valence-corrected chi connectivity index (χ0v) is 42.4. The largest absolute Gasteiger partial charge is 0.490 e. The number of carbonyl (C=O) groups excluding carboxylic acids is 3. The van der Waals surface area contributed by atoms with Crippen molar-refractivity contribution in [2.45, 2.75) is 96.2 Å². The van der Waals surface area contributed by atoms with Gasteiger partial charge in [0.15, 0.2) is 10.8 Å². The molecule has 3 N–H and O–H groups in total. The molecule has 3 fully saturated rings. The number of pyridine rings is 1. The van der Waals surface area contributed by atoms with E-state index in [2.05, 4.69) is 50.5 Å². The van der Waals surface area contributed by atoms with Crippen LogP contribution in [0.3, 0.4) is 0 Å². The third kappa shape index (κ3) is 9.89.